The smallest absolute Gasteiger partial charge is 0.255 e. The molecule has 0 aliphatic carbocycles. The molecule has 1 unspecified atom stereocenters. The number of hydrogen-bond donors (Lipinski definition) is 2. The minimum atomic E-state index is -0.316. The second-order valence-electron chi connectivity index (χ2n) is 7.32. The number of amides is 1. The lowest BCUT2D eigenvalue weighted by Gasteiger charge is -2.18. The highest BCUT2D eigenvalue weighted by atomic mass is 16.5. The van der Waals surface area contributed by atoms with E-state index in [0.717, 1.165) is 36.0 Å². The molecule has 2 atom stereocenters. The van der Waals surface area contributed by atoms with Crippen molar-refractivity contribution >= 4 is 11.5 Å². The number of carbonyl (C=O) groups is 1. The Bertz CT molecular complexity index is 796. The predicted octanol–water partition coefficient (Wildman–Crippen LogP) is 5.59. The number of ether oxygens (including phenoxy) is 1. The molecule has 0 saturated carbocycles. The average Bonchev–Trinajstić information content (AvgIpc) is 2.68. The highest BCUT2D eigenvalue weighted by molar-refractivity contribution is 6.19. The van der Waals surface area contributed by atoms with Crippen LogP contribution in [0.25, 0.3) is 5.57 Å². The van der Waals surface area contributed by atoms with Gasteiger partial charge in [-0.1, -0.05) is 56.7 Å². The normalized spacial score (nSPS) is 13.6. The number of benzene rings is 2. The van der Waals surface area contributed by atoms with Crippen LogP contribution in [0.15, 0.2) is 54.8 Å². The molecule has 0 aliphatic heterocycles. The van der Waals surface area contributed by atoms with Gasteiger partial charge in [0, 0.05) is 0 Å². The van der Waals surface area contributed by atoms with E-state index in [1.807, 2.05) is 50.2 Å². The Morgan fingerprint density at radius 3 is 2.43 bits per heavy atom. The molecular formula is C24H31NO3. The molecule has 2 rings (SSSR count). The summed E-state index contributed by atoms with van der Waals surface area (Å²) in [6, 6.07) is 15.0. The molecule has 4 heteroatoms. The van der Waals surface area contributed by atoms with Gasteiger partial charge in [-0.3, -0.25) is 4.79 Å². The molecule has 0 spiro atoms. The third-order valence-electron chi connectivity index (χ3n) is 4.86. The van der Waals surface area contributed by atoms with Gasteiger partial charge >= 0.3 is 0 Å². The van der Waals surface area contributed by atoms with E-state index in [-0.39, 0.29) is 17.5 Å². The van der Waals surface area contributed by atoms with Gasteiger partial charge in [-0.05, 0) is 55.0 Å². The first-order chi connectivity index (χ1) is 13.5. The molecule has 0 aliphatic rings. The van der Waals surface area contributed by atoms with Crippen molar-refractivity contribution in [1.29, 1.82) is 0 Å². The summed E-state index contributed by atoms with van der Waals surface area (Å²) in [6.07, 6.45) is 3.14. The van der Waals surface area contributed by atoms with Gasteiger partial charge in [-0.2, -0.15) is 0 Å². The minimum absolute atomic E-state index is 0.161. The number of hydrogen-bond acceptors (Lipinski definition) is 3. The summed E-state index contributed by atoms with van der Waals surface area (Å²) in [4.78, 5) is 12.7. The zero-order valence-electron chi connectivity index (χ0n) is 17.2. The van der Waals surface area contributed by atoms with Crippen LogP contribution in [0.5, 0.6) is 5.75 Å². The topological polar surface area (TPSA) is 58.6 Å². The lowest BCUT2D eigenvalue weighted by atomic mass is 10.0. The van der Waals surface area contributed by atoms with Crippen molar-refractivity contribution in [2.75, 3.05) is 6.61 Å². The van der Waals surface area contributed by atoms with Crippen LogP contribution in [0.2, 0.25) is 0 Å². The maximum atomic E-state index is 12.7. The number of carbonyl (C=O) groups excluding carboxylic acids is 1. The van der Waals surface area contributed by atoms with Gasteiger partial charge < -0.3 is 15.2 Å². The Balaban J connectivity index is 2.02. The van der Waals surface area contributed by atoms with E-state index in [4.69, 9.17) is 4.74 Å². The maximum absolute atomic E-state index is 12.7. The molecule has 0 bridgehead atoms. The Kier molecular flexibility index (Phi) is 8.12. The molecular weight excluding hydrogens is 350 g/mol. The Morgan fingerprint density at radius 2 is 1.82 bits per heavy atom. The fourth-order valence-corrected chi connectivity index (χ4v) is 3.23. The van der Waals surface area contributed by atoms with Crippen LogP contribution in [0, 0.1) is 12.8 Å². The van der Waals surface area contributed by atoms with Gasteiger partial charge in [-0.15, -0.1) is 0 Å². The molecule has 0 radical (unpaired) electrons. The van der Waals surface area contributed by atoms with Crippen LogP contribution in [-0.2, 0) is 4.79 Å². The first-order valence-corrected chi connectivity index (χ1v) is 9.90. The quantitative estimate of drug-likeness (QED) is 0.440. The SMILES string of the molecule is CCCC(C)COc1ccc(C(=CO)C(=O)N[C@H](C)c2ccccc2C)cc1. The average molecular weight is 382 g/mol. The summed E-state index contributed by atoms with van der Waals surface area (Å²) in [5.41, 5.74) is 3.04. The van der Waals surface area contributed by atoms with Gasteiger partial charge in [0.15, 0.2) is 0 Å². The molecule has 0 fully saturated rings. The molecule has 28 heavy (non-hydrogen) atoms. The summed E-state index contributed by atoms with van der Waals surface area (Å²) in [7, 11) is 0. The Morgan fingerprint density at radius 1 is 1.14 bits per heavy atom. The Hall–Kier alpha value is -2.75. The van der Waals surface area contributed by atoms with Gasteiger partial charge in [0.1, 0.15) is 5.75 Å². The standard InChI is InChI=1S/C24H31NO3/c1-5-8-17(2)16-28-21-13-11-20(12-14-21)23(15-26)24(27)25-19(4)22-10-7-6-9-18(22)3/h6-7,9-15,17,19,26H,5,8,16H2,1-4H3,(H,25,27)/t17?,19-/m1/s1. The summed E-state index contributed by atoms with van der Waals surface area (Å²) < 4.78 is 5.80. The number of aryl methyl sites for hydroxylation is 1. The van der Waals surface area contributed by atoms with Gasteiger partial charge in [0.2, 0.25) is 0 Å². The van der Waals surface area contributed by atoms with Crippen molar-refractivity contribution in [3.63, 3.8) is 0 Å². The van der Waals surface area contributed by atoms with E-state index in [1.54, 1.807) is 12.1 Å². The van der Waals surface area contributed by atoms with Crippen LogP contribution >= 0.6 is 0 Å². The summed E-state index contributed by atoms with van der Waals surface area (Å²) in [5, 5.41) is 12.6. The number of nitrogens with one attached hydrogen (secondary N) is 1. The van der Waals surface area contributed by atoms with Crippen molar-refractivity contribution in [2.24, 2.45) is 5.92 Å². The fourth-order valence-electron chi connectivity index (χ4n) is 3.23. The first-order valence-electron chi connectivity index (χ1n) is 9.90. The number of aliphatic hydroxyl groups excluding tert-OH is 1. The molecule has 4 nitrogen and oxygen atoms in total. The van der Waals surface area contributed by atoms with Crippen molar-refractivity contribution in [3.05, 3.63) is 71.5 Å². The van der Waals surface area contributed by atoms with Gasteiger partial charge in [-0.25, -0.2) is 0 Å². The second kappa shape index (κ2) is 10.5. The van der Waals surface area contributed by atoms with E-state index in [9.17, 15) is 9.90 Å². The highest BCUT2D eigenvalue weighted by Crippen LogP contribution is 2.22. The zero-order valence-corrected chi connectivity index (χ0v) is 17.2. The van der Waals surface area contributed by atoms with Crippen LogP contribution in [0.3, 0.4) is 0 Å². The molecule has 150 valence electrons. The van der Waals surface area contributed by atoms with E-state index in [2.05, 4.69) is 19.2 Å². The van der Waals surface area contributed by atoms with Crippen LogP contribution in [0.4, 0.5) is 0 Å². The monoisotopic (exact) mass is 381 g/mol. The zero-order chi connectivity index (χ0) is 20.5. The van der Waals surface area contributed by atoms with Gasteiger partial charge in [0.25, 0.3) is 5.91 Å². The van der Waals surface area contributed by atoms with Crippen molar-refractivity contribution in [1.82, 2.24) is 5.32 Å². The highest BCUT2D eigenvalue weighted by Gasteiger charge is 2.17. The number of rotatable bonds is 9. The van der Waals surface area contributed by atoms with E-state index in [0.29, 0.717) is 18.1 Å². The van der Waals surface area contributed by atoms with Crippen molar-refractivity contribution < 1.29 is 14.6 Å². The van der Waals surface area contributed by atoms with E-state index >= 15 is 0 Å². The van der Waals surface area contributed by atoms with Crippen LogP contribution in [0.1, 0.15) is 56.3 Å². The minimum Gasteiger partial charge on any atom is -0.515 e. The number of aliphatic hydroxyl groups is 1. The second-order valence-corrected chi connectivity index (χ2v) is 7.32. The third kappa shape index (κ3) is 5.88. The molecule has 1 amide bonds. The van der Waals surface area contributed by atoms with Gasteiger partial charge in [0.05, 0.1) is 24.5 Å². The predicted molar refractivity (Wildman–Crippen MR) is 114 cm³/mol. The van der Waals surface area contributed by atoms with E-state index < -0.39 is 0 Å². The van der Waals surface area contributed by atoms with Crippen LogP contribution < -0.4 is 10.1 Å². The molecule has 2 aromatic rings. The molecule has 0 saturated heterocycles. The summed E-state index contributed by atoms with van der Waals surface area (Å²) in [5.74, 6) is 0.951. The first kappa shape index (κ1) is 21.5. The fraction of sp³-hybridized carbons (Fsp3) is 0.375. The molecule has 2 N–H and O–H groups in total. The van der Waals surface area contributed by atoms with E-state index in [1.165, 1.54) is 0 Å². The van der Waals surface area contributed by atoms with Crippen LogP contribution in [-0.4, -0.2) is 17.6 Å². The third-order valence-corrected chi connectivity index (χ3v) is 4.86. The largest absolute Gasteiger partial charge is 0.515 e. The lowest BCUT2D eigenvalue weighted by Crippen LogP contribution is -2.28. The molecule has 0 aromatic heterocycles. The summed E-state index contributed by atoms with van der Waals surface area (Å²) in [6.45, 7) is 8.96. The maximum Gasteiger partial charge on any atom is 0.255 e. The Labute approximate surface area is 168 Å². The lowest BCUT2D eigenvalue weighted by molar-refractivity contribution is -0.116. The van der Waals surface area contributed by atoms with Crippen molar-refractivity contribution in [2.45, 2.75) is 46.6 Å². The summed E-state index contributed by atoms with van der Waals surface area (Å²) >= 11 is 0. The molecule has 0 heterocycles. The van der Waals surface area contributed by atoms with Crippen molar-refractivity contribution in [3.8, 4) is 5.75 Å². The molecule has 2 aromatic carbocycles.